The molecule has 0 saturated carbocycles. The van der Waals surface area contributed by atoms with Gasteiger partial charge in [0, 0.05) is 12.1 Å². The second-order valence-corrected chi connectivity index (χ2v) is 6.93. The summed E-state index contributed by atoms with van der Waals surface area (Å²) in [6.45, 7) is 2.77. The molecule has 6 nitrogen and oxygen atoms in total. The van der Waals surface area contributed by atoms with E-state index in [4.69, 9.17) is 25.8 Å². The number of hydrazine groups is 1. The van der Waals surface area contributed by atoms with Gasteiger partial charge in [-0.25, -0.2) is 10.4 Å². The molecule has 1 saturated heterocycles. The Morgan fingerprint density at radius 3 is 2.89 bits per heavy atom. The molecule has 0 aliphatic carbocycles. The van der Waals surface area contributed by atoms with Crippen molar-refractivity contribution in [1.82, 2.24) is 10.4 Å². The van der Waals surface area contributed by atoms with Gasteiger partial charge in [-0.15, -0.1) is 0 Å². The highest BCUT2D eigenvalue weighted by Gasteiger charge is 2.25. The van der Waals surface area contributed by atoms with E-state index in [0.29, 0.717) is 16.7 Å². The van der Waals surface area contributed by atoms with Gasteiger partial charge < -0.3 is 14.2 Å². The van der Waals surface area contributed by atoms with Crippen LogP contribution in [0.15, 0.2) is 48.2 Å². The lowest BCUT2D eigenvalue weighted by molar-refractivity contribution is -0.0403. The number of pyridine rings is 1. The van der Waals surface area contributed by atoms with Crippen LogP contribution in [0, 0.1) is 0 Å². The minimum atomic E-state index is -0.213. The van der Waals surface area contributed by atoms with Gasteiger partial charge in [0.25, 0.3) is 0 Å². The van der Waals surface area contributed by atoms with E-state index in [1.807, 2.05) is 42.3 Å². The lowest BCUT2D eigenvalue weighted by Gasteiger charge is -2.22. The second kappa shape index (κ2) is 7.76. The number of hydrogen-bond donors (Lipinski definition) is 1. The molecule has 27 heavy (non-hydrogen) atoms. The number of methoxy groups -OCH3 is 1. The van der Waals surface area contributed by atoms with Crippen LogP contribution in [0.3, 0.4) is 0 Å². The van der Waals surface area contributed by atoms with Gasteiger partial charge in [0.1, 0.15) is 11.0 Å². The van der Waals surface area contributed by atoms with Crippen molar-refractivity contribution < 1.29 is 14.2 Å². The van der Waals surface area contributed by atoms with Gasteiger partial charge in [0.2, 0.25) is 0 Å². The van der Waals surface area contributed by atoms with Gasteiger partial charge in [-0.05, 0) is 49.2 Å². The zero-order valence-corrected chi connectivity index (χ0v) is 16.1. The van der Waals surface area contributed by atoms with Crippen LogP contribution < -0.4 is 19.9 Å². The summed E-state index contributed by atoms with van der Waals surface area (Å²) in [5, 5.41) is 2.39. The standard InChI is InChI=1S/C20H22ClN3O3/c1-13-11-15(23-24(13)19-6-3-5-18(21)22-19)14-8-9-16(25-2)17(12-14)27-20-7-4-10-26-20/h3,5-6,8-9,11-12,15,20,23H,4,7,10H2,1-2H3. The Morgan fingerprint density at radius 2 is 2.15 bits per heavy atom. The number of anilines is 1. The molecule has 0 radical (unpaired) electrons. The lowest BCUT2D eigenvalue weighted by Crippen LogP contribution is -2.33. The van der Waals surface area contributed by atoms with Crippen LogP contribution >= 0.6 is 11.6 Å². The Balaban J connectivity index is 1.56. The average Bonchev–Trinajstić information content (AvgIpc) is 3.31. The molecule has 1 aromatic heterocycles. The Kier molecular flexibility index (Phi) is 5.20. The molecular formula is C20H22ClN3O3. The van der Waals surface area contributed by atoms with Crippen LogP contribution in [-0.4, -0.2) is 25.0 Å². The molecule has 2 unspecified atom stereocenters. The Bertz CT molecular complexity index is 852. The van der Waals surface area contributed by atoms with E-state index in [1.165, 1.54) is 0 Å². The van der Waals surface area contributed by atoms with E-state index in [9.17, 15) is 0 Å². The van der Waals surface area contributed by atoms with E-state index in [2.05, 4.69) is 16.5 Å². The highest BCUT2D eigenvalue weighted by Crippen LogP contribution is 2.35. The zero-order valence-electron chi connectivity index (χ0n) is 15.3. The summed E-state index contributed by atoms with van der Waals surface area (Å²) in [4.78, 5) is 4.37. The monoisotopic (exact) mass is 387 g/mol. The van der Waals surface area contributed by atoms with Gasteiger partial charge in [0.15, 0.2) is 17.8 Å². The van der Waals surface area contributed by atoms with E-state index in [-0.39, 0.29) is 12.3 Å². The summed E-state index contributed by atoms with van der Waals surface area (Å²) >= 11 is 6.03. The quantitative estimate of drug-likeness (QED) is 0.775. The van der Waals surface area contributed by atoms with Crippen LogP contribution in [0.5, 0.6) is 11.5 Å². The molecule has 1 aromatic carbocycles. The fourth-order valence-electron chi connectivity index (χ4n) is 3.30. The summed E-state index contributed by atoms with van der Waals surface area (Å²) in [5.74, 6) is 2.14. The first-order valence-corrected chi connectivity index (χ1v) is 9.35. The molecule has 4 rings (SSSR count). The highest BCUT2D eigenvalue weighted by atomic mass is 35.5. The number of rotatable bonds is 5. The Labute approximate surface area is 163 Å². The van der Waals surface area contributed by atoms with Crippen LogP contribution in [0.4, 0.5) is 5.82 Å². The van der Waals surface area contributed by atoms with Crippen molar-refractivity contribution in [2.75, 3.05) is 18.7 Å². The van der Waals surface area contributed by atoms with Gasteiger partial charge in [0.05, 0.1) is 19.8 Å². The molecule has 2 aliphatic heterocycles. The minimum Gasteiger partial charge on any atom is -0.493 e. The Morgan fingerprint density at radius 1 is 1.26 bits per heavy atom. The molecule has 142 valence electrons. The molecule has 1 N–H and O–H groups in total. The first-order valence-electron chi connectivity index (χ1n) is 8.97. The third-order valence-electron chi connectivity index (χ3n) is 4.65. The maximum absolute atomic E-state index is 6.03. The summed E-state index contributed by atoms with van der Waals surface area (Å²) < 4.78 is 17.0. The van der Waals surface area contributed by atoms with E-state index in [0.717, 1.165) is 36.5 Å². The van der Waals surface area contributed by atoms with Crippen molar-refractivity contribution in [1.29, 1.82) is 0 Å². The van der Waals surface area contributed by atoms with Gasteiger partial charge in [-0.1, -0.05) is 23.7 Å². The van der Waals surface area contributed by atoms with Crippen LogP contribution in [0.25, 0.3) is 0 Å². The first-order chi connectivity index (χ1) is 13.1. The number of aromatic nitrogens is 1. The molecule has 7 heteroatoms. The third kappa shape index (κ3) is 3.88. The predicted octanol–water partition coefficient (Wildman–Crippen LogP) is 4.23. The summed E-state index contributed by atoms with van der Waals surface area (Å²) in [6, 6.07) is 11.5. The first kappa shape index (κ1) is 18.1. The van der Waals surface area contributed by atoms with Gasteiger partial charge >= 0.3 is 0 Å². The number of halogens is 1. The number of nitrogens with one attached hydrogen (secondary N) is 1. The fraction of sp³-hybridized carbons (Fsp3) is 0.350. The van der Waals surface area contributed by atoms with Crippen molar-refractivity contribution in [3.8, 4) is 11.5 Å². The molecule has 2 aliphatic rings. The number of hydrogen-bond acceptors (Lipinski definition) is 6. The molecule has 0 bridgehead atoms. The van der Waals surface area contributed by atoms with Crippen molar-refractivity contribution in [2.45, 2.75) is 32.1 Å². The van der Waals surface area contributed by atoms with E-state index >= 15 is 0 Å². The summed E-state index contributed by atoms with van der Waals surface area (Å²) in [7, 11) is 1.64. The van der Waals surface area contributed by atoms with Crippen molar-refractivity contribution >= 4 is 17.4 Å². The molecule has 2 aromatic rings. The topological polar surface area (TPSA) is 55.9 Å². The lowest BCUT2D eigenvalue weighted by atomic mass is 10.1. The third-order valence-corrected chi connectivity index (χ3v) is 4.86. The van der Waals surface area contributed by atoms with Crippen LogP contribution in [0.1, 0.15) is 31.4 Å². The molecule has 0 spiro atoms. The van der Waals surface area contributed by atoms with Crippen LogP contribution in [0.2, 0.25) is 5.15 Å². The minimum absolute atomic E-state index is 0.0106. The molecule has 0 amide bonds. The van der Waals surface area contributed by atoms with Crippen molar-refractivity contribution in [3.05, 3.63) is 58.9 Å². The average molecular weight is 388 g/mol. The molecule has 2 atom stereocenters. The number of ether oxygens (including phenoxy) is 3. The van der Waals surface area contributed by atoms with Crippen molar-refractivity contribution in [3.63, 3.8) is 0 Å². The molecule has 3 heterocycles. The normalized spacial score (nSPS) is 22.0. The van der Waals surface area contributed by atoms with E-state index < -0.39 is 0 Å². The number of benzene rings is 1. The van der Waals surface area contributed by atoms with Crippen LogP contribution in [-0.2, 0) is 4.74 Å². The summed E-state index contributed by atoms with van der Waals surface area (Å²) in [6.07, 6.45) is 3.83. The fourth-order valence-corrected chi connectivity index (χ4v) is 3.45. The largest absolute Gasteiger partial charge is 0.493 e. The smallest absolute Gasteiger partial charge is 0.200 e. The van der Waals surface area contributed by atoms with Gasteiger partial charge in [-0.3, -0.25) is 5.01 Å². The summed E-state index contributed by atoms with van der Waals surface area (Å²) in [5.41, 5.74) is 5.56. The second-order valence-electron chi connectivity index (χ2n) is 6.54. The molecule has 1 fully saturated rings. The number of allylic oxidation sites excluding steroid dienone is 1. The number of nitrogens with zero attached hydrogens (tertiary/aromatic N) is 2. The maximum atomic E-state index is 6.03. The van der Waals surface area contributed by atoms with E-state index in [1.54, 1.807) is 13.2 Å². The van der Waals surface area contributed by atoms with Crippen molar-refractivity contribution in [2.24, 2.45) is 0 Å². The van der Waals surface area contributed by atoms with Gasteiger partial charge in [-0.2, -0.15) is 0 Å². The Hall–Kier alpha value is -2.28. The highest BCUT2D eigenvalue weighted by molar-refractivity contribution is 6.29. The zero-order chi connectivity index (χ0) is 18.8. The molecular weight excluding hydrogens is 366 g/mol. The maximum Gasteiger partial charge on any atom is 0.200 e. The predicted molar refractivity (Wildman–Crippen MR) is 104 cm³/mol. The SMILES string of the molecule is COc1ccc(C2C=C(C)N(c3cccc(Cl)n3)N2)cc1OC1CCCO1.